The van der Waals surface area contributed by atoms with Crippen LogP contribution in [-0.2, 0) is 4.74 Å². The SMILES string of the molecule is C=CCOC(=O)Nc1ccc(-c2ccc(N)cc2)cc1. The Kier molecular flexibility index (Phi) is 4.39. The summed E-state index contributed by atoms with van der Waals surface area (Å²) in [6, 6.07) is 15.1. The Labute approximate surface area is 117 Å². The van der Waals surface area contributed by atoms with E-state index in [1.54, 1.807) is 0 Å². The van der Waals surface area contributed by atoms with Gasteiger partial charge in [0, 0.05) is 11.4 Å². The molecule has 0 aliphatic carbocycles. The molecule has 0 unspecified atom stereocenters. The van der Waals surface area contributed by atoms with E-state index in [1.807, 2.05) is 48.5 Å². The Balaban J connectivity index is 2.04. The van der Waals surface area contributed by atoms with Crippen LogP contribution < -0.4 is 11.1 Å². The van der Waals surface area contributed by atoms with Gasteiger partial charge in [0.15, 0.2) is 0 Å². The highest BCUT2D eigenvalue weighted by Gasteiger charge is 2.02. The maximum Gasteiger partial charge on any atom is 0.411 e. The van der Waals surface area contributed by atoms with Crippen LogP contribution in [0.2, 0.25) is 0 Å². The molecular formula is C16H16N2O2. The highest BCUT2D eigenvalue weighted by atomic mass is 16.5. The molecule has 0 aromatic heterocycles. The summed E-state index contributed by atoms with van der Waals surface area (Å²) in [6.45, 7) is 3.67. The first kappa shape index (κ1) is 13.7. The molecular weight excluding hydrogens is 252 g/mol. The highest BCUT2D eigenvalue weighted by molar-refractivity contribution is 5.85. The first-order valence-corrected chi connectivity index (χ1v) is 6.19. The van der Waals surface area contributed by atoms with Crippen LogP contribution >= 0.6 is 0 Å². The third kappa shape index (κ3) is 3.62. The van der Waals surface area contributed by atoms with Crippen molar-refractivity contribution >= 4 is 17.5 Å². The van der Waals surface area contributed by atoms with Gasteiger partial charge in [0.1, 0.15) is 6.61 Å². The van der Waals surface area contributed by atoms with Gasteiger partial charge < -0.3 is 10.5 Å². The molecule has 0 spiro atoms. The summed E-state index contributed by atoms with van der Waals surface area (Å²) in [4.78, 5) is 11.4. The summed E-state index contributed by atoms with van der Waals surface area (Å²) in [6.07, 6.45) is 1.02. The van der Waals surface area contributed by atoms with Crippen molar-refractivity contribution in [3.8, 4) is 11.1 Å². The van der Waals surface area contributed by atoms with Gasteiger partial charge in [0.05, 0.1) is 0 Å². The molecule has 0 saturated heterocycles. The van der Waals surface area contributed by atoms with Gasteiger partial charge in [-0.2, -0.15) is 0 Å². The van der Waals surface area contributed by atoms with E-state index in [0.717, 1.165) is 16.8 Å². The zero-order chi connectivity index (χ0) is 14.4. The number of nitrogens with two attached hydrogens (primary N) is 1. The Morgan fingerprint density at radius 3 is 2.20 bits per heavy atom. The van der Waals surface area contributed by atoms with Crippen LogP contribution in [0, 0.1) is 0 Å². The van der Waals surface area contributed by atoms with Gasteiger partial charge in [-0.05, 0) is 35.4 Å². The number of rotatable bonds is 4. The van der Waals surface area contributed by atoms with E-state index in [1.165, 1.54) is 6.08 Å². The molecule has 0 atom stereocenters. The van der Waals surface area contributed by atoms with Crippen LogP contribution in [-0.4, -0.2) is 12.7 Å². The molecule has 4 nitrogen and oxygen atoms in total. The Morgan fingerprint density at radius 2 is 1.65 bits per heavy atom. The molecule has 0 heterocycles. The second kappa shape index (κ2) is 6.43. The monoisotopic (exact) mass is 268 g/mol. The molecule has 2 aromatic rings. The van der Waals surface area contributed by atoms with Gasteiger partial charge in [-0.1, -0.05) is 36.9 Å². The van der Waals surface area contributed by atoms with Gasteiger partial charge in [-0.3, -0.25) is 5.32 Å². The normalized spacial score (nSPS) is 9.80. The maximum absolute atomic E-state index is 11.4. The van der Waals surface area contributed by atoms with Gasteiger partial charge in [-0.15, -0.1) is 0 Å². The Hall–Kier alpha value is -2.75. The molecule has 3 N–H and O–H groups in total. The largest absolute Gasteiger partial charge is 0.445 e. The van der Waals surface area contributed by atoms with Gasteiger partial charge in [0.2, 0.25) is 0 Å². The zero-order valence-corrected chi connectivity index (χ0v) is 11.0. The number of carbonyl (C=O) groups is 1. The second-order valence-electron chi connectivity index (χ2n) is 4.21. The number of carbonyl (C=O) groups excluding carboxylic acids is 1. The fourth-order valence-corrected chi connectivity index (χ4v) is 1.71. The number of hydrogen-bond acceptors (Lipinski definition) is 3. The number of nitrogen functional groups attached to an aromatic ring is 1. The molecule has 0 bridgehead atoms. The van der Waals surface area contributed by atoms with Crippen molar-refractivity contribution < 1.29 is 9.53 Å². The Bertz CT molecular complexity index is 589. The lowest BCUT2D eigenvalue weighted by atomic mass is 10.1. The van der Waals surface area contributed by atoms with Crippen molar-refractivity contribution in [3.63, 3.8) is 0 Å². The minimum atomic E-state index is -0.495. The lowest BCUT2D eigenvalue weighted by Gasteiger charge is -2.07. The van der Waals surface area contributed by atoms with Crippen LogP contribution in [0.1, 0.15) is 0 Å². The Morgan fingerprint density at radius 1 is 1.10 bits per heavy atom. The third-order valence-electron chi connectivity index (χ3n) is 2.71. The van der Waals surface area contributed by atoms with Crippen LogP contribution in [0.5, 0.6) is 0 Å². The number of benzene rings is 2. The average molecular weight is 268 g/mol. The summed E-state index contributed by atoms with van der Waals surface area (Å²) in [7, 11) is 0. The van der Waals surface area contributed by atoms with E-state index in [0.29, 0.717) is 5.69 Å². The van der Waals surface area contributed by atoms with E-state index in [9.17, 15) is 4.79 Å². The van der Waals surface area contributed by atoms with Gasteiger partial charge in [0.25, 0.3) is 0 Å². The lowest BCUT2D eigenvalue weighted by Crippen LogP contribution is -2.13. The summed E-state index contributed by atoms with van der Waals surface area (Å²) >= 11 is 0. The van der Waals surface area contributed by atoms with Crippen LogP contribution in [0.25, 0.3) is 11.1 Å². The molecule has 102 valence electrons. The summed E-state index contributed by atoms with van der Waals surface area (Å²) < 4.78 is 4.84. The van der Waals surface area contributed by atoms with Crippen molar-refractivity contribution in [1.29, 1.82) is 0 Å². The minimum absolute atomic E-state index is 0.190. The zero-order valence-electron chi connectivity index (χ0n) is 11.0. The number of amides is 1. The molecule has 0 fully saturated rings. The molecule has 0 radical (unpaired) electrons. The van der Waals surface area contributed by atoms with E-state index in [4.69, 9.17) is 10.5 Å². The standard InChI is InChI=1S/C16H16N2O2/c1-2-11-20-16(19)18-15-9-5-13(6-10-15)12-3-7-14(17)8-4-12/h2-10H,1,11,17H2,(H,18,19). The van der Waals surface area contributed by atoms with Crippen molar-refractivity contribution in [2.45, 2.75) is 0 Å². The van der Waals surface area contributed by atoms with Crippen molar-refractivity contribution in [2.75, 3.05) is 17.7 Å². The summed E-state index contributed by atoms with van der Waals surface area (Å²) in [5, 5.41) is 2.64. The molecule has 2 rings (SSSR count). The van der Waals surface area contributed by atoms with E-state index >= 15 is 0 Å². The third-order valence-corrected chi connectivity index (χ3v) is 2.71. The number of ether oxygens (including phenoxy) is 1. The number of hydrogen-bond donors (Lipinski definition) is 2. The van der Waals surface area contributed by atoms with E-state index < -0.39 is 6.09 Å². The minimum Gasteiger partial charge on any atom is -0.445 e. The topological polar surface area (TPSA) is 64.3 Å². The highest BCUT2D eigenvalue weighted by Crippen LogP contribution is 2.22. The van der Waals surface area contributed by atoms with Crippen molar-refractivity contribution in [3.05, 3.63) is 61.2 Å². The number of anilines is 2. The number of nitrogens with one attached hydrogen (secondary N) is 1. The molecule has 20 heavy (non-hydrogen) atoms. The van der Waals surface area contributed by atoms with E-state index in [2.05, 4.69) is 11.9 Å². The smallest absolute Gasteiger partial charge is 0.411 e. The quantitative estimate of drug-likeness (QED) is 0.657. The first-order chi connectivity index (χ1) is 9.69. The van der Waals surface area contributed by atoms with Gasteiger partial charge >= 0.3 is 6.09 Å². The lowest BCUT2D eigenvalue weighted by molar-refractivity contribution is 0.174. The molecule has 1 amide bonds. The van der Waals surface area contributed by atoms with Crippen molar-refractivity contribution in [2.24, 2.45) is 0 Å². The summed E-state index contributed by atoms with van der Waals surface area (Å²) in [5.41, 5.74) is 9.19. The van der Waals surface area contributed by atoms with Crippen molar-refractivity contribution in [1.82, 2.24) is 0 Å². The molecule has 0 saturated carbocycles. The van der Waals surface area contributed by atoms with E-state index in [-0.39, 0.29) is 6.61 Å². The molecule has 4 heteroatoms. The predicted octanol–water partition coefficient (Wildman–Crippen LogP) is 3.67. The van der Waals surface area contributed by atoms with Crippen LogP contribution in [0.3, 0.4) is 0 Å². The van der Waals surface area contributed by atoms with Gasteiger partial charge in [-0.25, -0.2) is 4.79 Å². The van der Waals surface area contributed by atoms with Crippen LogP contribution in [0.15, 0.2) is 61.2 Å². The first-order valence-electron chi connectivity index (χ1n) is 6.19. The predicted molar refractivity (Wildman–Crippen MR) is 81.5 cm³/mol. The maximum atomic E-state index is 11.4. The fourth-order valence-electron chi connectivity index (χ4n) is 1.71. The fraction of sp³-hybridized carbons (Fsp3) is 0.0625. The summed E-state index contributed by atoms with van der Waals surface area (Å²) in [5.74, 6) is 0. The second-order valence-corrected chi connectivity index (χ2v) is 4.21. The molecule has 0 aliphatic rings. The molecule has 2 aromatic carbocycles. The molecule has 0 aliphatic heterocycles. The average Bonchev–Trinajstić information content (AvgIpc) is 2.47. The van der Waals surface area contributed by atoms with Crippen LogP contribution in [0.4, 0.5) is 16.2 Å².